The number of rotatable bonds is 3. The molecule has 8 nitrogen and oxygen atoms in total. The summed E-state index contributed by atoms with van der Waals surface area (Å²) >= 11 is 0. The Kier molecular flexibility index (Phi) is 4.30. The lowest BCUT2D eigenvalue weighted by Crippen LogP contribution is -2.49. The zero-order valence-corrected chi connectivity index (χ0v) is 14.4. The van der Waals surface area contributed by atoms with Gasteiger partial charge >= 0.3 is 0 Å². The number of hydrogen-bond acceptors (Lipinski definition) is 7. The fraction of sp³-hybridized carbons (Fsp3) is 0.278. The average molecular weight is 350 g/mol. The van der Waals surface area contributed by atoms with Gasteiger partial charge in [0.1, 0.15) is 5.82 Å². The Morgan fingerprint density at radius 1 is 1.08 bits per heavy atom. The second-order valence-corrected chi connectivity index (χ2v) is 6.06. The molecule has 0 saturated carbocycles. The van der Waals surface area contributed by atoms with Gasteiger partial charge in [-0.25, -0.2) is 4.98 Å². The van der Waals surface area contributed by atoms with Crippen molar-refractivity contribution in [2.24, 2.45) is 0 Å². The van der Waals surface area contributed by atoms with Gasteiger partial charge in [0.15, 0.2) is 0 Å². The normalized spacial score (nSPS) is 14.5. The van der Waals surface area contributed by atoms with Crippen LogP contribution < -0.4 is 4.90 Å². The van der Waals surface area contributed by atoms with Crippen LogP contribution in [0.15, 0.2) is 47.4 Å². The van der Waals surface area contributed by atoms with Gasteiger partial charge in [0.2, 0.25) is 11.7 Å². The van der Waals surface area contributed by atoms with Crippen molar-refractivity contribution in [3.63, 3.8) is 0 Å². The number of carbonyl (C=O) groups excluding carboxylic acids is 1. The molecule has 8 heteroatoms. The fourth-order valence-corrected chi connectivity index (χ4v) is 2.94. The number of pyridine rings is 2. The number of carbonyl (C=O) groups is 1. The van der Waals surface area contributed by atoms with Crippen LogP contribution in [-0.4, -0.2) is 57.1 Å². The monoisotopic (exact) mass is 350 g/mol. The van der Waals surface area contributed by atoms with Crippen LogP contribution in [0.25, 0.3) is 11.4 Å². The second-order valence-electron chi connectivity index (χ2n) is 6.06. The summed E-state index contributed by atoms with van der Waals surface area (Å²) in [6.45, 7) is 4.56. The minimum Gasteiger partial charge on any atom is -0.353 e. The number of hydrogen-bond donors (Lipinski definition) is 0. The van der Waals surface area contributed by atoms with Crippen LogP contribution in [0.1, 0.15) is 16.2 Å². The summed E-state index contributed by atoms with van der Waals surface area (Å²) in [6, 6.07) is 7.37. The van der Waals surface area contributed by atoms with E-state index in [1.165, 1.54) is 0 Å². The van der Waals surface area contributed by atoms with Gasteiger partial charge in [0.05, 0.1) is 0 Å². The maximum absolute atomic E-state index is 12.5. The zero-order chi connectivity index (χ0) is 17.9. The van der Waals surface area contributed by atoms with Crippen molar-refractivity contribution in [3.8, 4) is 11.4 Å². The van der Waals surface area contributed by atoms with Gasteiger partial charge in [-0.05, 0) is 24.3 Å². The first kappa shape index (κ1) is 16.2. The maximum atomic E-state index is 12.5. The summed E-state index contributed by atoms with van der Waals surface area (Å²) in [6.07, 6.45) is 5.02. The minimum atomic E-state index is 0.0443. The average Bonchev–Trinajstić information content (AvgIpc) is 3.15. The molecule has 0 atom stereocenters. The van der Waals surface area contributed by atoms with E-state index >= 15 is 0 Å². The summed E-state index contributed by atoms with van der Waals surface area (Å²) in [5, 5.41) is 3.90. The largest absolute Gasteiger partial charge is 0.353 e. The molecular formula is C18H18N6O2. The van der Waals surface area contributed by atoms with E-state index in [4.69, 9.17) is 4.52 Å². The molecule has 3 aromatic rings. The zero-order valence-electron chi connectivity index (χ0n) is 14.4. The summed E-state index contributed by atoms with van der Waals surface area (Å²) in [4.78, 5) is 29.2. The van der Waals surface area contributed by atoms with Gasteiger partial charge in [0.25, 0.3) is 5.91 Å². The van der Waals surface area contributed by atoms with Crippen LogP contribution in [0, 0.1) is 6.92 Å². The quantitative estimate of drug-likeness (QED) is 0.711. The minimum absolute atomic E-state index is 0.0443. The van der Waals surface area contributed by atoms with Crippen molar-refractivity contribution >= 4 is 11.7 Å². The molecule has 4 rings (SSSR count). The van der Waals surface area contributed by atoms with Gasteiger partial charge in [-0.2, -0.15) is 4.98 Å². The van der Waals surface area contributed by atoms with E-state index in [1.807, 2.05) is 17.0 Å². The van der Waals surface area contributed by atoms with Gasteiger partial charge in [-0.1, -0.05) is 5.16 Å². The lowest BCUT2D eigenvalue weighted by atomic mass is 10.2. The highest BCUT2D eigenvalue weighted by Crippen LogP contribution is 2.20. The van der Waals surface area contributed by atoms with Crippen LogP contribution in [0.5, 0.6) is 0 Å². The number of nitrogens with zero attached hydrogens (tertiary/aromatic N) is 6. The molecule has 0 spiro atoms. The molecule has 4 heterocycles. The molecule has 1 saturated heterocycles. The third-order valence-corrected chi connectivity index (χ3v) is 4.35. The van der Waals surface area contributed by atoms with Crippen LogP contribution in [-0.2, 0) is 0 Å². The summed E-state index contributed by atoms with van der Waals surface area (Å²) < 4.78 is 5.00. The van der Waals surface area contributed by atoms with E-state index in [1.54, 1.807) is 37.6 Å². The number of aryl methyl sites for hydroxylation is 1. The Hall–Kier alpha value is -3.29. The predicted molar refractivity (Wildman–Crippen MR) is 94.6 cm³/mol. The molecule has 0 bridgehead atoms. The Morgan fingerprint density at radius 2 is 1.85 bits per heavy atom. The Morgan fingerprint density at radius 3 is 2.46 bits per heavy atom. The highest BCUT2D eigenvalue weighted by molar-refractivity contribution is 5.94. The Balaban J connectivity index is 1.39. The molecule has 0 aliphatic carbocycles. The van der Waals surface area contributed by atoms with E-state index in [9.17, 15) is 4.79 Å². The smallest absolute Gasteiger partial charge is 0.254 e. The van der Waals surface area contributed by atoms with Crippen LogP contribution >= 0.6 is 0 Å². The first-order valence-electron chi connectivity index (χ1n) is 8.42. The lowest BCUT2D eigenvalue weighted by molar-refractivity contribution is 0.0746. The lowest BCUT2D eigenvalue weighted by Gasteiger charge is -2.35. The molecule has 1 aliphatic heterocycles. The first-order chi connectivity index (χ1) is 12.7. The van der Waals surface area contributed by atoms with E-state index in [0.717, 1.165) is 24.5 Å². The van der Waals surface area contributed by atoms with Crippen molar-refractivity contribution in [1.29, 1.82) is 0 Å². The SMILES string of the molecule is Cc1nc(-c2ccc(N3CCN(C(=O)c4ccncc4)CC3)nc2)no1. The first-order valence-corrected chi connectivity index (χ1v) is 8.42. The van der Waals surface area contributed by atoms with Gasteiger partial charge < -0.3 is 14.3 Å². The number of amides is 1. The van der Waals surface area contributed by atoms with Gasteiger partial charge in [-0.3, -0.25) is 9.78 Å². The molecule has 132 valence electrons. The fourth-order valence-electron chi connectivity index (χ4n) is 2.94. The molecular weight excluding hydrogens is 332 g/mol. The van der Waals surface area contributed by atoms with Gasteiger partial charge in [0, 0.05) is 62.8 Å². The molecule has 1 fully saturated rings. The van der Waals surface area contributed by atoms with Crippen molar-refractivity contribution in [2.75, 3.05) is 31.1 Å². The Bertz CT molecular complexity index is 886. The standard InChI is InChI=1S/C18H18N6O2/c1-13-21-17(22-26-13)15-2-3-16(20-12-15)23-8-10-24(11-9-23)18(25)14-4-6-19-7-5-14/h2-7,12H,8-11H2,1H3. The molecule has 0 unspecified atom stereocenters. The summed E-state index contributed by atoms with van der Waals surface area (Å²) in [5.41, 5.74) is 1.49. The van der Waals surface area contributed by atoms with Crippen molar-refractivity contribution < 1.29 is 9.32 Å². The molecule has 3 aromatic heterocycles. The van der Waals surface area contributed by atoms with Crippen LogP contribution in [0.3, 0.4) is 0 Å². The van der Waals surface area contributed by atoms with Crippen LogP contribution in [0.4, 0.5) is 5.82 Å². The molecule has 0 aromatic carbocycles. The van der Waals surface area contributed by atoms with Crippen molar-refractivity contribution in [2.45, 2.75) is 6.92 Å². The van der Waals surface area contributed by atoms with Crippen molar-refractivity contribution in [1.82, 2.24) is 25.0 Å². The Labute approximate surface area is 150 Å². The molecule has 0 radical (unpaired) electrons. The van der Waals surface area contributed by atoms with E-state index < -0.39 is 0 Å². The van der Waals surface area contributed by atoms with Gasteiger partial charge in [-0.15, -0.1) is 0 Å². The molecule has 1 aliphatic rings. The molecule has 0 N–H and O–H groups in total. The van der Waals surface area contributed by atoms with E-state index in [2.05, 4.69) is 25.0 Å². The maximum Gasteiger partial charge on any atom is 0.254 e. The third kappa shape index (κ3) is 3.26. The number of piperazine rings is 1. The topological polar surface area (TPSA) is 88.3 Å². The molecule has 26 heavy (non-hydrogen) atoms. The second kappa shape index (κ2) is 6.91. The van der Waals surface area contributed by atoms with Crippen LogP contribution in [0.2, 0.25) is 0 Å². The highest BCUT2D eigenvalue weighted by Gasteiger charge is 2.22. The number of aromatic nitrogens is 4. The highest BCUT2D eigenvalue weighted by atomic mass is 16.5. The van der Waals surface area contributed by atoms with E-state index in [0.29, 0.717) is 30.4 Å². The summed E-state index contributed by atoms with van der Waals surface area (Å²) in [7, 11) is 0. The molecule has 1 amide bonds. The summed E-state index contributed by atoms with van der Waals surface area (Å²) in [5.74, 6) is 1.99. The number of anilines is 1. The van der Waals surface area contributed by atoms with Crippen molar-refractivity contribution in [3.05, 3.63) is 54.3 Å². The van der Waals surface area contributed by atoms with E-state index in [-0.39, 0.29) is 5.91 Å². The third-order valence-electron chi connectivity index (χ3n) is 4.35. The predicted octanol–water partition coefficient (Wildman–Crippen LogP) is 1.80.